The molecule has 0 aromatic heterocycles. The monoisotopic (exact) mass is 784 g/mol. The molecule has 0 bridgehead atoms. The van der Waals surface area contributed by atoms with Crippen molar-refractivity contribution < 1.29 is 4.74 Å². The first-order valence-corrected chi connectivity index (χ1v) is 21.3. The van der Waals surface area contributed by atoms with Crippen LogP contribution < -0.4 is 14.5 Å². The molecule has 0 radical (unpaired) electrons. The van der Waals surface area contributed by atoms with Gasteiger partial charge in [-0.3, -0.25) is 0 Å². The molecule has 0 saturated heterocycles. The van der Waals surface area contributed by atoms with Gasteiger partial charge >= 0.3 is 0 Å². The third-order valence-corrected chi connectivity index (χ3v) is 13.6. The van der Waals surface area contributed by atoms with E-state index < -0.39 is 0 Å². The molecule has 1 heterocycles. The molecule has 292 valence electrons. The van der Waals surface area contributed by atoms with Crippen LogP contribution >= 0.6 is 0 Å². The smallest absolute Gasteiger partial charge is 0.137 e. The molecule has 2 aliphatic carbocycles. The van der Waals surface area contributed by atoms with Crippen molar-refractivity contribution in [1.82, 2.24) is 0 Å². The zero-order valence-electron chi connectivity index (χ0n) is 34.8. The molecule has 12 rings (SSSR count). The fourth-order valence-electron chi connectivity index (χ4n) is 10.6. The molecule has 0 spiro atoms. The van der Waals surface area contributed by atoms with Crippen LogP contribution in [0.25, 0.3) is 44.2 Å². The van der Waals surface area contributed by atoms with E-state index in [1.165, 1.54) is 50.1 Å². The first-order valence-electron chi connectivity index (χ1n) is 21.3. The summed E-state index contributed by atoms with van der Waals surface area (Å²) in [6.07, 6.45) is 0. The Morgan fingerprint density at radius 1 is 0.328 bits per heavy atom. The van der Waals surface area contributed by atoms with Crippen LogP contribution in [-0.2, 0) is 10.8 Å². The summed E-state index contributed by atoms with van der Waals surface area (Å²) >= 11 is 0. The van der Waals surface area contributed by atoms with Crippen molar-refractivity contribution in [2.45, 2.75) is 38.5 Å². The standard InChI is InChI=1S/C58H44N2O/c1-57(2)49-24-13-11-20-42(49)44-29-26-39(34-51(44)57)59(37-16-7-5-8-17-37)41-28-31-46-47-22-15-23-48-53(32-33-54(56(47)48)61-55(46)36-41)60(38-18-9-6-10-19-38)40-27-30-45-43-21-12-14-25-50(43)58(3,4)52(45)35-40/h5-36H,1-4H3. The average molecular weight is 785 g/mol. The first kappa shape index (κ1) is 35.6. The van der Waals surface area contributed by atoms with E-state index in [1.54, 1.807) is 0 Å². The third kappa shape index (κ3) is 5.23. The second-order valence-corrected chi connectivity index (χ2v) is 17.7. The van der Waals surface area contributed by atoms with Crippen molar-refractivity contribution >= 4 is 44.9 Å². The van der Waals surface area contributed by atoms with E-state index >= 15 is 0 Å². The molecule has 61 heavy (non-hydrogen) atoms. The highest BCUT2D eigenvalue weighted by atomic mass is 16.5. The Morgan fingerprint density at radius 3 is 1.41 bits per heavy atom. The van der Waals surface area contributed by atoms with E-state index in [2.05, 4.69) is 232 Å². The molecular weight excluding hydrogens is 741 g/mol. The van der Waals surface area contributed by atoms with Gasteiger partial charge in [-0.2, -0.15) is 0 Å². The molecule has 0 N–H and O–H groups in total. The van der Waals surface area contributed by atoms with Gasteiger partial charge in [0.25, 0.3) is 0 Å². The van der Waals surface area contributed by atoms with Crippen molar-refractivity contribution in [3.63, 3.8) is 0 Å². The molecule has 0 fully saturated rings. The second kappa shape index (κ2) is 13.1. The average Bonchev–Trinajstić information content (AvgIpc) is 3.67. The minimum absolute atomic E-state index is 0.108. The summed E-state index contributed by atoms with van der Waals surface area (Å²) in [6.45, 7) is 9.38. The highest BCUT2D eigenvalue weighted by molar-refractivity contribution is 6.11. The molecule has 3 heteroatoms. The van der Waals surface area contributed by atoms with Gasteiger partial charge in [0.05, 0.1) is 5.69 Å². The third-order valence-electron chi connectivity index (χ3n) is 13.6. The van der Waals surface area contributed by atoms with Gasteiger partial charge in [-0.25, -0.2) is 0 Å². The highest BCUT2D eigenvalue weighted by Gasteiger charge is 2.37. The van der Waals surface area contributed by atoms with Gasteiger partial charge < -0.3 is 14.5 Å². The predicted molar refractivity (Wildman–Crippen MR) is 254 cm³/mol. The van der Waals surface area contributed by atoms with Crippen LogP contribution in [0.15, 0.2) is 194 Å². The molecular formula is C58H44N2O. The van der Waals surface area contributed by atoms with Crippen LogP contribution in [0.5, 0.6) is 11.5 Å². The minimum Gasteiger partial charge on any atom is -0.456 e. The lowest BCUT2D eigenvalue weighted by atomic mass is 9.82. The molecule has 0 unspecified atom stereocenters. The zero-order valence-corrected chi connectivity index (χ0v) is 34.8. The lowest BCUT2D eigenvalue weighted by molar-refractivity contribution is 0.487. The Bertz CT molecular complexity index is 3240. The molecule has 0 amide bonds. The molecule has 3 aliphatic rings. The molecule has 0 atom stereocenters. The maximum Gasteiger partial charge on any atom is 0.137 e. The van der Waals surface area contributed by atoms with Gasteiger partial charge in [-0.05, 0) is 123 Å². The Morgan fingerprint density at radius 2 is 0.803 bits per heavy atom. The van der Waals surface area contributed by atoms with Crippen LogP contribution in [0, 0.1) is 0 Å². The predicted octanol–water partition coefficient (Wildman–Crippen LogP) is 16.2. The summed E-state index contributed by atoms with van der Waals surface area (Å²) in [7, 11) is 0. The van der Waals surface area contributed by atoms with E-state index in [9.17, 15) is 0 Å². The number of benzene rings is 9. The topological polar surface area (TPSA) is 15.7 Å². The van der Waals surface area contributed by atoms with Crippen molar-refractivity contribution in [1.29, 1.82) is 0 Å². The van der Waals surface area contributed by atoms with Crippen LogP contribution in [0.4, 0.5) is 34.1 Å². The van der Waals surface area contributed by atoms with Gasteiger partial charge in [-0.1, -0.05) is 143 Å². The number of hydrogen-bond donors (Lipinski definition) is 0. The molecule has 3 nitrogen and oxygen atoms in total. The number of rotatable bonds is 6. The van der Waals surface area contributed by atoms with E-state index in [4.69, 9.17) is 4.74 Å². The number of hydrogen-bond acceptors (Lipinski definition) is 3. The summed E-state index contributed by atoms with van der Waals surface area (Å²) in [5.74, 6) is 1.71. The second-order valence-electron chi connectivity index (χ2n) is 17.7. The van der Waals surface area contributed by atoms with Gasteiger partial charge in [0, 0.05) is 61.7 Å². The van der Waals surface area contributed by atoms with Gasteiger partial charge in [-0.15, -0.1) is 0 Å². The number of nitrogens with zero attached hydrogens (tertiary/aromatic N) is 2. The quantitative estimate of drug-likeness (QED) is 0.167. The summed E-state index contributed by atoms with van der Waals surface area (Å²) in [5, 5.41) is 2.26. The summed E-state index contributed by atoms with van der Waals surface area (Å²) < 4.78 is 6.99. The molecule has 9 aromatic carbocycles. The fraction of sp³-hybridized carbons (Fsp3) is 0.103. The van der Waals surface area contributed by atoms with Crippen molar-refractivity contribution in [2.75, 3.05) is 9.80 Å². The lowest BCUT2D eigenvalue weighted by Crippen LogP contribution is -2.17. The largest absolute Gasteiger partial charge is 0.456 e. The van der Waals surface area contributed by atoms with Crippen LogP contribution in [-0.4, -0.2) is 0 Å². The molecule has 9 aromatic rings. The Kier molecular flexibility index (Phi) is 7.62. The van der Waals surface area contributed by atoms with Crippen molar-refractivity contribution in [3.8, 4) is 44.9 Å². The maximum absolute atomic E-state index is 6.99. The van der Waals surface area contributed by atoms with Crippen molar-refractivity contribution in [3.05, 3.63) is 216 Å². The summed E-state index contributed by atoms with van der Waals surface area (Å²) in [6, 6.07) is 70.8. The van der Waals surface area contributed by atoms with Crippen LogP contribution in [0.2, 0.25) is 0 Å². The maximum atomic E-state index is 6.99. The Balaban J connectivity index is 0.977. The number of anilines is 6. The van der Waals surface area contributed by atoms with Crippen LogP contribution in [0.3, 0.4) is 0 Å². The normalized spacial score (nSPS) is 14.3. The highest BCUT2D eigenvalue weighted by Crippen LogP contribution is 2.55. The van der Waals surface area contributed by atoms with E-state index in [0.29, 0.717) is 0 Å². The molecule has 1 aliphatic heterocycles. The first-order chi connectivity index (χ1) is 29.8. The van der Waals surface area contributed by atoms with Gasteiger partial charge in [0.2, 0.25) is 0 Å². The van der Waals surface area contributed by atoms with Crippen LogP contribution in [0.1, 0.15) is 49.9 Å². The van der Waals surface area contributed by atoms with Crippen molar-refractivity contribution in [2.24, 2.45) is 0 Å². The van der Waals surface area contributed by atoms with Gasteiger partial charge in [0.15, 0.2) is 0 Å². The van der Waals surface area contributed by atoms with E-state index in [0.717, 1.165) is 62.0 Å². The summed E-state index contributed by atoms with van der Waals surface area (Å²) in [4.78, 5) is 4.77. The SMILES string of the molecule is CC1(C)c2ccccc2-c2ccc(N(c3ccccc3)c3ccc4c(c3)Oc3ccc(N(c5ccccc5)c5ccc6c(c5)C(C)(C)c5ccccc5-6)c5cccc-4c35)cc21. The lowest BCUT2D eigenvalue weighted by Gasteiger charge is -2.31. The Hall–Kier alpha value is -7.36. The van der Waals surface area contributed by atoms with E-state index in [-0.39, 0.29) is 10.8 Å². The summed E-state index contributed by atoms with van der Waals surface area (Å²) in [5.41, 5.74) is 19.4. The van der Waals surface area contributed by atoms with E-state index in [1.807, 2.05) is 0 Å². The number of para-hydroxylation sites is 2. The Labute approximate surface area is 357 Å². The fourth-order valence-corrected chi connectivity index (χ4v) is 10.6. The van der Waals surface area contributed by atoms with Gasteiger partial charge in [0.1, 0.15) is 11.5 Å². The molecule has 0 saturated carbocycles. The number of ether oxygens (including phenoxy) is 1. The number of fused-ring (bicyclic) bond motifs is 8. The minimum atomic E-state index is -0.111. The zero-order chi connectivity index (χ0) is 41.0.